The van der Waals surface area contributed by atoms with Gasteiger partial charge in [0, 0.05) is 7.11 Å². The number of rotatable bonds is 2. The zero-order valence-corrected chi connectivity index (χ0v) is 5.29. The van der Waals surface area contributed by atoms with Gasteiger partial charge in [-0.2, -0.15) is 0 Å². The molecule has 0 bridgehead atoms. The van der Waals surface area contributed by atoms with Crippen LogP contribution in [-0.4, -0.2) is 30.0 Å². The average molecular weight is 133 g/mol. The van der Waals surface area contributed by atoms with E-state index in [0.717, 1.165) is 13.2 Å². The lowest BCUT2D eigenvalue weighted by Gasteiger charge is -1.89. The topological polar surface area (TPSA) is 69.6 Å². The molecule has 0 aliphatic rings. The van der Waals surface area contributed by atoms with E-state index < -0.39 is 0 Å². The van der Waals surface area contributed by atoms with E-state index in [4.69, 9.17) is 10.2 Å². The van der Waals surface area contributed by atoms with Gasteiger partial charge in [0.1, 0.15) is 6.73 Å². The standard InChI is InChI=1S/C4H7NO2.CH4O/c1-2-4(7)5-3-6;1-2/h2,6H,1,3H2,(H,5,7);2H,1H3. The van der Waals surface area contributed by atoms with Crippen molar-refractivity contribution >= 4 is 5.91 Å². The minimum absolute atomic E-state index is 0.329. The summed E-state index contributed by atoms with van der Waals surface area (Å²) in [6, 6.07) is 0. The number of amides is 1. The fraction of sp³-hybridized carbons (Fsp3) is 0.400. The Morgan fingerprint density at radius 3 is 2.33 bits per heavy atom. The van der Waals surface area contributed by atoms with Gasteiger partial charge in [-0.15, -0.1) is 0 Å². The molecule has 54 valence electrons. The molecule has 0 fully saturated rings. The Balaban J connectivity index is 0. The summed E-state index contributed by atoms with van der Waals surface area (Å²) < 4.78 is 0. The Labute approximate surface area is 53.8 Å². The number of carbonyl (C=O) groups is 1. The highest BCUT2D eigenvalue weighted by Crippen LogP contribution is 1.59. The third kappa shape index (κ3) is 11.0. The van der Waals surface area contributed by atoms with Crippen LogP contribution in [0.25, 0.3) is 0 Å². The highest BCUT2D eigenvalue weighted by molar-refractivity contribution is 5.86. The molecule has 0 aromatic rings. The Bertz CT molecular complexity index is 82.3. The predicted molar refractivity (Wildman–Crippen MR) is 33.6 cm³/mol. The zero-order chi connectivity index (χ0) is 7.70. The van der Waals surface area contributed by atoms with E-state index in [1.54, 1.807) is 0 Å². The maximum Gasteiger partial charge on any atom is 0.245 e. The van der Waals surface area contributed by atoms with E-state index in [1.165, 1.54) is 0 Å². The quantitative estimate of drug-likeness (QED) is 0.329. The second-order valence-corrected chi connectivity index (χ2v) is 0.903. The van der Waals surface area contributed by atoms with E-state index in [2.05, 4.69) is 11.9 Å². The van der Waals surface area contributed by atoms with Gasteiger partial charge in [-0.1, -0.05) is 6.58 Å². The number of aliphatic hydroxyl groups excluding tert-OH is 2. The fourth-order valence-corrected chi connectivity index (χ4v) is 0.150. The summed E-state index contributed by atoms with van der Waals surface area (Å²) in [6.45, 7) is 2.83. The first-order valence-corrected chi connectivity index (χ1v) is 2.27. The van der Waals surface area contributed by atoms with E-state index in [9.17, 15) is 4.79 Å². The van der Waals surface area contributed by atoms with Crippen molar-refractivity contribution in [3.63, 3.8) is 0 Å². The summed E-state index contributed by atoms with van der Waals surface area (Å²) in [4.78, 5) is 10.0. The van der Waals surface area contributed by atoms with E-state index in [-0.39, 0.29) is 12.6 Å². The van der Waals surface area contributed by atoms with Gasteiger partial charge in [0.25, 0.3) is 0 Å². The average Bonchev–Trinajstić information content (AvgIpc) is 1.93. The third-order valence-electron chi connectivity index (χ3n) is 0.439. The van der Waals surface area contributed by atoms with Gasteiger partial charge < -0.3 is 15.5 Å². The van der Waals surface area contributed by atoms with Crippen LogP contribution < -0.4 is 5.32 Å². The largest absolute Gasteiger partial charge is 0.400 e. The lowest BCUT2D eigenvalue weighted by atomic mass is 10.6. The Hall–Kier alpha value is -0.870. The number of carbonyl (C=O) groups excluding carboxylic acids is 1. The maximum atomic E-state index is 10.0. The molecule has 0 aromatic heterocycles. The predicted octanol–water partition coefficient (Wildman–Crippen LogP) is -1.15. The van der Waals surface area contributed by atoms with Crippen LogP contribution in [0.5, 0.6) is 0 Å². The lowest BCUT2D eigenvalue weighted by Crippen LogP contribution is -2.20. The first-order valence-electron chi connectivity index (χ1n) is 2.27. The number of nitrogens with one attached hydrogen (secondary N) is 1. The zero-order valence-electron chi connectivity index (χ0n) is 5.29. The summed E-state index contributed by atoms with van der Waals surface area (Å²) in [7, 11) is 1.00. The van der Waals surface area contributed by atoms with Crippen molar-refractivity contribution in [3.05, 3.63) is 12.7 Å². The van der Waals surface area contributed by atoms with Gasteiger partial charge >= 0.3 is 0 Å². The van der Waals surface area contributed by atoms with Crippen molar-refractivity contribution in [1.82, 2.24) is 5.32 Å². The van der Waals surface area contributed by atoms with Crippen molar-refractivity contribution in [3.8, 4) is 0 Å². The van der Waals surface area contributed by atoms with Crippen LogP contribution in [0.3, 0.4) is 0 Å². The molecule has 3 N–H and O–H groups in total. The van der Waals surface area contributed by atoms with Crippen LogP contribution in [0, 0.1) is 0 Å². The molecule has 0 spiro atoms. The lowest BCUT2D eigenvalue weighted by molar-refractivity contribution is -0.117. The molecule has 0 aliphatic carbocycles. The molecule has 9 heavy (non-hydrogen) atoms. The highest BCUT2D eigenvalue weighted by Gasteiger charge is 1.84. The van der Waals surface area contributed by atoms with Crippen molar-refractivity contribution in [1.29, 1.82) is 0 Å². The van der Waals surface area contributed by atoms with Crippen molar-refractivity contribution in [2.24, 2.45) is 0 Å². The minimum Gasteiger partial charge on any atom is -0.400 e. The number of hydrogen-bond acceptors (Lipinski definition) is 3. The first-order chi connectivity index (χ1) is 4.31. The van der Waals surface area contributed by atoms with Crippen LogP contribution in [0.2, 0.25) is 0 Å². The molecular formula is C5H11NO3. The molecule has 0 aliphatic heterocycles. The van der Waals surface area contributed by atoms with Crippen LogP contribution in [0.4, 0.5) is 0 Å². The van der Waals surface area contributed by atoms with E-state index in [0.29, 0.717) is 0 Å². The summed E-state index contributed by atoms with van der Waals surface area (Å²) in [6.07, 6.45) is 1.09. The molecule has 0 heterocycles. The van der Waals surface area contributed by atoms with E-state index in [1.807, 2.05) is 0 Å². The van der Waals surface area contributed by atoms with Gasteiger partial charge in [-0.05, 0) is 6.08 Å². The van der Waals surface area contributed by atoms with E-state index >= 15 is 0 Å². The molecule has 0 saturated heterocycles. The normalized spacial score (nSPS) is 6.56. The second-order valence-electron chi connectivity index (χ2n) is 0.903. The minimum atomic E-state index is -0.359. The van der Waals surface area contributed by atoms with Crippen LogP contribution in [0.15, 0.2) is 12.7 Å². The van der Waals surface area contributed by atoms with Crippen molar-refractivity contribution < 1.29 is 15.0 Å². The van der Waals surface area contributed by atoms with Crippen LogP contribution in [0.1, 0.15) is 0 Å². The molecule has 1 amide bonds. The summed E-state index contributed by atoms with van der Waals surface area (Å²) in [5.41, 5.74) is 0. The number of aliphatic hydroxyl groups is 2. The van der Waals surface area contributed by atoms with Crippen LogP contribution >= 0.6 is 0 Å². The van der Waals surface area contributed by atoms with Gasteiger partial charge in [0.2, 0.25) is 5.91 Å². The van der Waals surface area contributed by atoms with Gasteiger partial charge in [-0.3, -0.25) is 4.79 Å². The molecule has 4 nitrogen and oxygen atoms in total. The Kier molecular flexibility index (Phi) is 12.4. The highest BCUT2D eigenvalue weighted by atomic mass is 16.3. The van der Waals surface area contributed by atoms with Gasteiger partial charge in [0.05, 0.1) is 0 Å². The summed E-state index contributed by atoms with van der Waals surface area (Å²) in [5.74, 6) is -0.359. The first kappa shape index (κ1) is 11.0. The van der Waals surface area contributed by atoms with Gasteiger partial charge in [0.15, 0.2) is 0 Å². The van der Waals surface area contributed by atoms with Crippen LogP contribution in [-0.2, 0) is 4.79 Å². The van der Waals surface area contributed by atoms with Crippen molar-refractivity contribution in [2.45, 2.75) is 0 Å². The summed E-state index contributed by atoms with van der Waals surface area (Å²) >= 11 is 0. The Morgan fingerprint density at radius 1 is 1.78 bits per heavy atom. The molecule has 0 aromatic carbocycles. The molecule has 0 saturated carbocycles. The Morgan fingerprint density at radius 2 is 2.22 bits per heavy atom. The smallest absolute Gasteiger partial charge is 0.245 e. The monoisotopic (exact) mass is 133 g/mol. The molecule has 4 heteroatoms. The molecule has 0 unspecified atom stereocenters. The molecule has 0 radical (unpaired) electrons. The molecule has 0 rings (SSSR count). The maximum absolute atomic E-state index is 10.0. The number of hydrogen-bond donors (Lipinski definition) is 3. The molecular weight excluding hydrogens is 122 g/mol. The summed E-state index contributed by atoms with van der Waals surface area (Å²) in [5, 5.41) is 17.1. The molecule has 0 atom stereocenters. The fourth-order valence-electron chi connectivity index (χ4n) is 0.150. The third-order valence-corrected chi connectivity index (χ3v) is 0.439. The SMILES string of the molecule is C=CC(=O)NCO.CO. The van der Waals surface area contributed by atoms with Gasteiger partial charge in [-0.25, -0.2) is 0 Å². The van der Waals surface area contributed by atoms with Crippen molar-refractivity contribution in [2.75, 3.05) is 13.8 Å². The second kappa shape index (κ2) is 10.2.